The van der Waals surface area contributed by atoms with E-state index < -0.39 is 13.5 Å². The zero-order valence-electron chi connectivity index (χ0n) is 14.8. The molecule has 6 heteroatoms. The summed E-state index contributed by atoms with van der Waals surface area (Å²) in [6.07, 6.45) is 1.65. The molecule has 2 aliphatic heterocycles. The maximum atomic E-state index is 13.2. The number of hydrogen-bond acceptors (Lipinski definition) is 3. The molecule has 24 heavy (non-hydrogen) atoms. The second-order valence-corrected chi connectivity index (χ2v) is 14.1. The molecule has 2 aliphatic rings. The molecule has 0 bridgehead atoms. The molecule has 0 aliphatic carbocycles. The molecule has 0 unspecified atom stereocenters. The number of nitrogens with zero attached hydrogens (tertiary/aromatic N) is 1. The largest absolute Gasteiger partial charge is 0.361 e. The second kappa shape index (κ2) is 6.79. The molecule has 1 amide bonds. The average molecular weight is 367 g/mol. The van der Waals surface area contributed by atoms with Crippen molar-refractivity contribution >= 4 is 31.3 Å². The van der Waals surface area contributed by atoms with Gasteiger partial charge in [0.05, 0.1) is 11.1 Å². The monoisotopic (exact) mass is 366 g/mol. The van der Waals surface area contributed by atoms with Gasteiger partial charge in [-0.1, -0.05) is 31.2 Å². The van der Waals surface area contributed by atoms with Gasteiger partial charge in [-0.05, 0) is 55.7 Å². The van der Waals surface area contributed by atoms with Crippen LogP contribution in [0.15, 0.2) is 18.2 Å². The number of carbonyl (C=O) groups is 1. The van der Waals surface area contributed by atoms with Gasteiger partial charge < -0.3 is 10.1 Å². The van der Waals surface area contributed by atoms with Crippen LogP contribution >= 0.6 is 11.6 Å². The number of benzene rings is 1. The van der Waals surface area contributed by atoms with Crippen LogP contribution in [0.2, 0.25) is 30.7 Å². The van der Waals surface area contributed by atoms with Crippen LogP contribution in [0, 0.1) is 0 Å². The lowest BCUT2D eigenvalue weighted by Gasteiger charge is -2.33. The predicted octanol–water partition coefficient (Wildman–Crippen LogP) is 3.62. The lowest BCUT2D eigenvalue weighted by molar-refractivity contribution is -0.125. The van der Waals surface area contributed by atoms with Gasteiger partial charge in [0.1, 0.15) is 6.73 Å². The van der Waals surface area contributed by atoms with Crippen LogP contribution in [0.3, 0.4) is 0 Å². The van der Waals surface area contributed by atoms with E-state index in [1.54, 1.807) is 0 Å². The van der Waals surface area contributed by atoms with Crippen molar-refractivity contribution in [2.45, 2.75) is 43.9 Å². The normalized spacial score (nSPS) is 19.8. The summed E-state index contributed by atoms with van der Waals surface area (Å²) in [5, 5.41) is 4.05. The number of halogens is 1. The van der Waals surface area contributed by atoms with E-state index in [2.05, 4.69) is 25.0 Å². The van der Waals surface area contributed by atoms with Crippen molar-refractivity contribution in [3.05, 3.63) is 28.8 Å². The van der Waals surface area contributed by atoms with E-state index in [1.165, 1.54) is 0 Å². The predicted molar refractivity (Wildman–Crippen MR) is 102 cm³/mol. The maximum Gasteiger partial charge on any atom is 0.239 e. The number of carbonyl (C=O) groups excluding carboxylic acids is 1. The highest BCUT2D eigenvalue weighted by atomic mass is 35.5. The van der Waals surface area contributed by atoms with Gasteiger partial charge in [0.15, 0.2) is 0 Å². The van der Waals surface area contributed by atoms with Gasteiger partial charge in [-0.15, -0.1) is 0 Å². The van der Waals surface area contributed by atoms with Gasteiger partial charge in [-0.25, -0.2) is 0 Å². The molecular weight excluding hydrogens is 340 g/mol. The fourth-order valence-corrected chi connectivity index (χ4v) is 4.54. The van der Waals surface area contributed by atoms with Crippen molar-refractivity contribution in [2.75, 3.05) is 31.3 Å². The van der Waals surface area contributed by atoms with Crippen LogP contribution in [-0.4, -0.2) is 40.4 Å². The summed E-state index contributed by atoms with van der Waals surface area (Å²) in [6, 6.07) is 6.91. The molecule has 4 nitrogen and oxygen atoms in total. The van der Waals surface area contributed by atoms with E-state index in [-0.39, 0.29) is 5.91 Å². The molecule has 0 aromatic heterocycles. The van der Waals surface area contributed by atoms with Gasteiger partial charge in [-0.2, -0.15) is 0 Å². The minimum absolute atomic E-state index is 0.175. The van der Waals surface area contributed by atoms with Crippen molar-refractivity contribution in [1.82, 2.24) is 5.32 Å². The molecule has 1 saturated heterocycles. The molecule has 0 atom stereocenters. The number of fused-ring (bicyclic) bond motifs is 2. The summed E-state index contributed by atoms with van der Waals surface area (Å²) in [4.78, 5) is 15.0. The minimum Gasteiger partial charge on any atom is -0.361 e. The number of anilines is 1. The zero-order valence-corrected chi connectivity index (χ0v) is 16.6. The summed E-state index contributed by atoms with van der Waals surface area (Å²) in [6.45, 7) is 9.78. The molecule has 1 aromatic carbocycles. The number of rotatable bonds is 5. The first kappa shape index (κ1) is 17.9. The molecule has 1 N–H and O–H groups in total. The zero-order chi connectivity index (χ0) is 17.4. The third-order valence-electron chi connectivity index (χ3n) is 5.09. The average Bonchev–Trinajstić information content (AvgIpc) is 2.74. The summed E-state index contributed by atoms with van der Waals surface area (Å²) in [5.74, 6) is 0.175. The number of ether oxygens (including phenoxy) is 1. The van der Waals surface area contributed by atoms with Gasteiger partial charge in [0.25, 0.3) is 0 Å². The highest BCUT2D eigenvalue weighted by Crippen LogP contribution is 2.47. The standard InChI is InChI=1S/C18H27ClN2O2Si/c1-24(2,3)11-10-23-13-21-16-5-4-14(19)12-15(16)18(17(21)22)6-8-20-9-7-18/h4-5,12,20H,6-11,13H2,1-3H3. The van der Waals surface area contributed by atoms with Crippen molar-refractivity contribution in [2.24, 2.45) is 0 Å². The quantitative estimate of drug-likeness (QED) is 0.639. The molecule has 0 saturated carbocycles. The molecule has 1 spiro atoms. The summed E-state index contributed by atoms with van der Waals surface area (Å²) < 4.78 is 5.88. The van der Waals surface area contributed by atoms with E-state index >= 15 is 0 Å². The first-order valence-corrected chi connectivity index (χ1v) is 12.8. The summed E-state index contributed by atoms with van der Waals surface area (Å²) >= 11 is 6.23. The van der Waals surface area contributed by atoms with Crippen molar-refractivity contribution < 1.29 is 9.53 Å². The molecule has 132 valence electrons. The van der Waals surface area contributed by atoms with Crippen LogP contribution in [-0.2, 0) is 14.9 Å². The number of amides is 1. The minimum atomic E-state index is -1.12. The second-order valence-electron chi connectivity index (χ2n) is 8.07. The van der Waals surface area contributed by atoms with E-state index in [9.17, 15) is 4.79 Å². The Labute approximate surface area is 150 Å². The van der Waals surface area contributed by atoms with Crippen LogP contribution in [0.5, 0.6) is 0 Å². The van der Waals surface area contributed by atoms with E-state index in [4.69, 9.17) is 16.3 Å². The Kier molecular flexibility index (Phi) is 5.07. The van der Waals surface area contributed by atoms with Gasteiger partial charge >= 0.3 is 0 Å². The van der Waals surface area contributed by atoms with Gasteiger partial charge in [-0.3, -0.25) is 9.69 Å². The molecule has 3 rings (SSSR count). The molecule has 1 aromatic rings. The fourth-order valence-electron chi connectivity index (χ4n) is 3.61. The highest BCUT2D eigenvalue weighted by Gasteiger charge is 2.51. The number of hydrogen-bond donors (Lipinski definition) is 1. The van der Waals surface area contributed by atoms with E-state index in [1.807, 2.05) is 23.1 Å². The Morgan fingerprint density at radius 3 is 2.67 bits per heavy atom. The Hall–Kier alpha value is -0.883. The van der Waals surface area contributed by atoms with Crippen LogP contribution in [0.4, 0.5) is 5.69 Å². The third-order valence-corrected chi connectivity index (χ3v) is 7.03. The smallest absolute Gasteiger partial charge is 0.239 e. The van der Waals surface area contributed by atoms with E-state index in [0.717, 1.165) is 49.8 Å². The maximum absolute atomic E-state index is 13.2. The van der Waals surface area contributed by atoms with Gasteiger partial charge in [0, 0.05) is 19.7 Å². The first-order valence-electron chi connectivity index (χ1n) is 8.74. The molecular formula is C18H27ClN2O2Si. The molecule has 0 radical (unpaired) electrons. The third kappa shape index (κ3) is 3.40. The van der Waals surface area contributed by atoms with Crippen molar-refractivity contribution in [3.8, 4) is 0 Å². The SMILES string of the molecule is C[Si](C)(C)CCOCN1C(=O)C2(CCNCC2)c2cc(Cl)ccc21. The van der Waals surface area contributed by atoms with Gasteiger partial charge in [0.2, 0.25) is 5.91 Å². The topological polar surface area (TPSA) is 41.6 Å². The van der Waals surface area contributed by atoms with Crippen LogP contribution < -0.4 is 10.2 Å². The first-order chi connectivity index (χ1) is 11.3. The molecule has 1 fully saturated rings. The fraction of sp³-hybridized carbons (Fsp3) is 0.611. The van der Waals surface area contributed by atoms with Crippen LogP contribution in [0.25, 0.3) is 0 Å². The Morgan fingerprint density at radius 1 is 1.29 bits per heavy atom. The van der Waals surface area contributed by atoms with E-state index in [0.29, 0.717) is 11.8 Å². The Morgan fingerprint density at radius 2 is 2.00 bits per heavy atom. The molecule has 2 heterocycles. The van der Waals surface area contributed by atoms with Crippen molar-refractivity contribution in [3.63, 3.8) is 0 Å². The number of piperidine rings is 1. The lowest BCUT2D eigenvalue weighted by atomic mass is 9.74. The number of nitrogens with one attached hydrogen (secondary N) is 1. The summed E-state index contributed by atoms with van der Waals surface area (Å²) in [7, 11) is -1.12. The lowest BCUT2D eigenvalue weighted by Crippen LogP contribution is -2.47. The Balaban J connectivity index is 1.80. The summed E-state index contributed by atoms with van der Waals surface area (Å²) in [5.41, 5.74) is 1.63. The Bertz CT molecular complexity index is 624. The van der Waals surface area contributed by atoms with Crippen molar-refractivity contribution in [1.29, 1.82) is 0 Å². The highest BCUT2D eigenvalue weighted by molar-refractivity contribution is 6.76. The van der Waals surface area contributed by atoms with Crippen LogP contribution in [0.1, 0.15) is 18.4 Å².